The predicted molar refractivity (Wildman–Crippen MR) is 89.0 cm³/mol. The Morgan fingerprint density at radius 3 is 2.14 bits per heavy atom. The molecular weight excluding hydrogens is 329 g/mol. The van der Waals surface area contributed by atoms with Crippen LogP contribution in [0.5, 0.6) is 11.5 Å². The summed E-state index contributed by atoms with van der Waals surface area (Å²) in [5.74, 6) is 1.20. The Balaban J connectivity index is 2.03. The average molecular weight is 343 g/mol. The van der Waals surface area contributed by atoms with Gasteiger partial charge in [-0.25, -0.2) is 0 Å². The third-order valence-electron chi connectivity index (χ3n) is 3.67. The van der Waals surface area contributed by atoms with Gasteiger partial charge in [0.2, 0.25) is 0 Å². The largest absolute Gasteiger partial charge is 0.454 e. The number of halogens is 3. The number of nitrogens with two attached hydrogens (primary N) is 1. The lowest BCUT2D eigenvalue weighted by molar-refractivity contribution is 0.471. The van der Waals surface area contributed by atoms with E-state index in [0.29, 0.717) is 21.5 Å². The number of ether oxygens (including phenoxy) is 1. The number of anilines is 1. The van der Waals surface area contributed by atoms with Gasteiger partial charge in [-0.3, -0.25) is 0 Å². The van der Waals surface area contributed by atoms with Gasteiger partial charge >= 0.3 is 0 Å². The van der Waals surface area contributed by atoms with Gasteiger partial charge in [0.1, 0.15) is 5.75 Å². The smallest absolute Gasteiger partial charge is 0.164 e. The number of rotatable bonds is 2. The minimum absolute atomic E-state index is 0.402. The summed E-state index contributed by atoms with van der Waals surface area (Å²) < 4.78 is 5.97. The van der Waals surface area contributed by atoms with Gasteiger partial charge in [-0.2, -0.15) is 0 Å². The quantitative estimate of drug-likeness (QED) is 0.689. The molecule has 0 atom stereocenters. The molecule has 2 N–H and O–H groups in total. The lowest BCUT2D eigenvalue weighted by atomic mass is 9.91. The molecule has 2 aromatic rings. The first kappa shape index (κ1) is 14.8. The molecule has 0 heterocycles. The molecule has 3 rings (SSSR count). The maximum absolute atomic E-state index is 6.28. The fourth-order valence-electron chi connectivity index (χ4n) is 2.67. The molecule has 2 aromatic carbocycles. The van der Waals surface area contributed by atoms with Crippen molar-refractivity contribution in [2.75, 3.05) is 5.73 Å². The lowest BCUT2D eigenvalue weighted by Gasteiger charge is -2.21. The van der Waals surface area contributed by atoms with Crippen LogP contribution in [-0.4, -0.2) is 0 Å². The Morgan fingerprint density at radius 2 is 1.48 bits per heavy atom. The van der Waals surface area contributed by atoms with Gasteiger partial charge in [0.25, 0.3) is 0 Å². The zero-order valence-corrected chi connectivity index (χ0v) is 13.5. The number of hydrogen-bond donors (Lipinski definition) is 1. The van der Waals surface area contributed by atoms with E-state index in [0.717, 1.165) is 42.0 Å². The van der Waals surface area contributed by atoms with Crippen LogP contribution in [0.3, 0.4) is 0 Å². The lowest BCUT2D eigenvalue weighted by Crippen LogP contribution is -2.05. The molecule has 0 fully saturated rings. The molecule has 0 saturated carbocycles. The summed E-state index contributed by atoms with van der Waals surface area (Å²) >= 11 is 18.6. The van der Waals surface area contributed by atoms with Crippen molar-refractivity contribution in [3.05, 3.63) is 50.5 Å². The van der Waals surface area contributed by atoms with E-state index in [1.165, 1.54) is 5.56 Å². The van der Waals surface area contributed by atoms with E-state index in [1.54, 1.807) is 12.1 Å². The van der Waals surface area contributed by atoms with Gasteiger partial charge in [0.05, 0.1) is 10.0 Å². The van der Waals surface area contributed by atoms with Gasteiger partial charge < -0.3 is 10.5 Å². The van der Waals surface area contributed by atoms with E-state index < -0.39 is 0 Å². The molecule has 0 unspecified atom stereocenters. The molecule has 0 bridgehead atoms. The molecule has 1 aliphatic rings. The van der Waals surface area contributed by atoms with Crippen molar-refractivity contribution >= 4 is 40.5 Å². The molecule has 0 saturated heterocycles. The van der Waals surface area contributed by atoms with Crippen molar-refractivity contribution in [2.24, 2.45) is 0 Å². The van der Waals surface area contributed by atoms with E-state index in [4.69, 9.17) is 45.3 Å². The Hall–Kier alpha value is -1.09. The second kappa shape index (κ2) is 5.96. The van der Waals surface area contributed by atoms with Crippen molar-refractivity contribution in [3.8, 4) is 11.5 Å². The number of nitrogen functional groups attached to an aromatic ring is 1. The summed E-state index contributed by atoms with van der Waals surface area (Å²) in [5.41, 5.74) is 8.54. The highest BCUT2D eigenvalue weighted by molar-refractivity contribution is 6.37. The monoisotopic (exact) mass is 341 g/mol. The summed E-state index contributed by atoms with van der Waals surface area (Å²) in [6.45, 7) is 0. The van der Waals surface area contributed by atoms with Crippen molar-refractivity contribution in [1.29, 1.82) is 0 Å². The first-order valence-electron chi connectivity index (χ1n) is 6.79. The number of benzene rings is 2. The van der Waals surface area contributed by atoms with Crippen molar-refractivity contribution in [1.82, 2.24) is 0 Å². The fourth-order valence-corrected chi connectivity index (χ4v) is 3.53. The van der Waals surface area contributed by atoms with Crippen LogP contribution >= 0.6 is 34.8 Å². The second-order valence-corrected chi connectivity index (χ2v) is 6.35. The van der Waals surface area contributed by atoms with Gasteiger partial charge in [-0.15, -0.1) is 0 Å². The Kier molecular flexibility index (Phi) is 4.21. The van der Waals surface area contributed by atoms with Crippen LogP contribution in [0.2, 0.25) is 15.1 Å². The van der Waals surface area contributed by atoms with Crippen LogP contribution in [-0.2, 0) is 12.8 Å². The van der Waals surface area contributed by atoms with Crippen LogP contribution < -0.4 is 10.5 Å². The molecule has 0 aromatic heterocycles. The zero-order valence-electron chi connectivity index (χ0n) is 11.3. The highest BCUT2D eigenvalue weighted by Crippen LogP contribution is 2.42. The van der Waals surface area contributed by atoms with Crippen LogP contribution in [0.25, 0.3) is 0 Å². The molecule has 0 aliphatic heterocycles. The van der Waals surface area contributed by atoms with Crippen molar-refractivity contribution in [3.63, 3.8) is 0 Å². The van der Waals surface area contributed by atoms with Gasteiger partial charge in [0.15, 0.2) is 5.75 Å². The third-order valence-corrected chi connectivity index (χ3v) is 4.58. The topological polar surface area (TPSA) is 35.2 Å². The predicted octanol–water partition coefficient (Wildman–Crippen LogP) is 5.90. The Labute approximate surface area is 138 Å². The maximum Gasteiger partial charge on any atom is 0.164 e. The zero-order chi connectivity index (χ0) is 15.0. The number of hydrogen-bond acceptors (Lipinski definition) is 2. The van der Waals surface area contributed by atoms with E-state index in [-0.39, 0.29) is 0 Å². The summed E-state index contributed by atoms with van der Waals surface area (Å²) in [5, 5.41) is 1.60. The summed E-state index contributed by atoms with van der Waals surface area (Å²) in [6.07, 6.45) is 4.22. The molecular formula is C16H14Cl3NO. The molecule has 110 valence electrons. The fraction of sp³-hybridized carbons (Fsp3) is 0.250. The second-order valence-electron chi connectivity index (χ2n) is 5.13. The summed E-state index contributed by atoms with van der Waals surface area (Å²) in [6, 6.07) is 6.99. The SMILES string of the molecule is Nc1cc(Cl)c(Oc2ccc(Cl)c3c2CCCC3)c(Cl)c1. The van der Waals surface area contributed by atoms with Crippen molar-refractivity contribution < 1.29 is 4.74 Å². The minimum Gasteiger partial charge on any atom is -0.454 e. The van der Waals surface area contributed by atoms with Crippen molar-refractivity contribution in [2.45, 2.75) is 25.7 Å². The molecule has 0 amide bonds. The molecule has 2 nitrogen and oxygen atoms in total. The van der Waals surface area contributed by atoms with E-state index >= 15 is 0 Å². The Bertz CT molecular complexity index is 677. The van der Waals surface area contributed by atoms with Crippen LogP contribution in [0.15, 0.2) is 24.3 Å². The first-order valence-corrected chi connectivity index (χ1v) is 7.92. The minimum atomic E-state index is 0.402. The molecule has 21 heavy (non-hydrogen) atoms. The van der Waals surface area contributed by atoms with Crippen LogP contribution in [0, 0.1) is 0 Å². The molecule has 0 spiro atoms. The molecule has 5 heteroatoms. The maximum atomic E-state index is 6.28. The first-order chi connectivity index (χ1) is 10.1. The van der Waals surface area contributed by atoms with Gasteiger partial charge in [0, 0.05) is 10.7 Å². The van der Waals surface area contributed by atoms with Gasteiger partial charge in [-0.1, -0.05) is 34.8 Å². The highest BCUT2D eigenvalue weighted by atomic mass is 35.5. The normalized spacial score (nSPS) is 13.9. The summed E-state index contributed by atoms with van der Waals surface area (Å²) in [7, 11) is 0. The number of fused-ring (bicyclic) bond motifs is 1. The highest BCUT2D eigenvalue weighted by Gasteiger charge is 2.19. The van der Waals surface area contributed by atoms with Crippen LogP contribution in [0.4, 0.5) is 5.69 Å². The summed E-state index contributed by atoms with van der Waals surface area (Å²) in [4.78, 5) is 0. The average Bonchev–Trinajstić information content (AvgIpc) is 2.45. The Morgan fingerprint density at radius 1 is 0.857 bits per heavy atom. The third kappa shape index (κ3) is 2.94. The van der Waals surface area contributed by atoms with E-state index in [2.05, 4.69) is 0 Å². The standard InChI is InChI=1S/C16H14Cl3NO/c17-12-5-6-15(11-4-2-1-3-10(11)12)21-16-13(18)7-9(20)8-14(16)19/h5-8H,1-4,20H2. The van der Waals surface area contributed by atoms with E-state index in [1.807, 2.05) is 12.1 Å². The van der Waals surface area contributed by atoms with E-state index in [9.17, 15) is 0 Å². The van der Waals surface area contributed by atoms with Gasteiger partial charge in [-0.05, 0) is 61.1 Å². The molecule has 1 aliphatic carbocycles. The molecule has 0 radical (unpaired) electrons. The van der Waals surface area contributed by atoms with Crippen LogP contribution in [0.1, 0.15) is 24.0 Å².